The van der Waals surface area contributed by atoms with Crippen LogP contribution >= 0.6 is 22.9 Å². The summed E-state index contributed by atoms with van der Waals surface area (Å²) >= 11 is 7.41. The van der Waals surface area contributed by atoms with Crippen LogP contribution in [0.1, 0.15) is 9.67 Å². The van der Waals surface area contributed by atoms with Gasteiger partial charge in [-0.3, -0.25) is 4.79 Å². The number of anilines is 2. The van der Waals surface area contributed by atoms with Crippen LogP contribution in [0.5, 0.6) is 0 Å². The normalized spacial score (nSPS) is 10.8. The predicted octanol–water partition coefficient (Wildman–Crippen LogP) is 5.46. The average Bonchev–Trinajstić information content (AvgIpc) is 3.12. The number of nitrogens with zero attached hydrogens (tertiary/aromatic N) is 1. The van der Waals surface area contributed by atoms with E-state index in [0.717, 1.165) is 27.0 Å². The zero-order chi connectivity index (χ0) is 18.1. The van der Waals surface area contributed by atoms with Crippen LogP contribution in [-0.4, -0.2) is 10.9 Å². The maximum Gasteiger partial charge on any atom is 0.258 e. The number of aromatic nitrogens is 1. The zero-order valence-corrected chi connectivity index (χ0v) is 15.1. The SMILES string of the molecule is NC(=O)c1cc2c(Nc3ccc(-c4ccccc4)cc3)cnc(Cl)c2s1. The van der Waals surface area contributed by atoms with Gasteiger partial charge in [-0.25, -0.2) is 4.98 Å². The molecule has 0 unspecified atom stereocenters. The Morgan fingerprint density at radius 2 is 1.73 bits per heavy atom. The Morgan fingerprint density at radius 3 is 2.42 bits per heavy atom. The van der Waals surface area contributed by atoms with E-state index in [4.69, 9.17) is 17.3 Å². The molecule has 0 aliphatic heterocycles. The summed E-state index contributed by atoms with van der Waals surface area (Å²) in [6.07, 6.45) is 1.66. The van der Waals surface area contributed by atoms with Gasteiger partial charge in [0.25, 0.3) is 5.91 Å². The minimum atomic E-state index is -0.472. The highest BCUT2D eigenvalue weighted by Crippen LogP contribution is 2.36. The summed E-state index contributed by atoms with van der Waals surface area (Å²) in [5.41, 5.74) is 9.39. The van der Waals surface area contributed by atoms with E-state index in [-0.39, 0.29) is 0 Å². The number of carbonyl (C=O) groups excluding carboxylic acids is 1. The first kappa shape index (κ1) is 16.6. The van der Waals surface area contributed by atoms with Crippen LogP contribution in [0.15, 0.2) is 66.9 Å². The van der Waals surface area contributed by atoms with Crippen LogP contribution in [0, 0.1) is 0 Å². The van der Waals surface area contributed by atoms with E-state index in [0.29, 0.717) is 10.0 Å². The molecule has 0 bridgehead atoms. The van der Waals surface area contributed by atoms with Crippen LogP contribution in [0.25, 0.3) is 21.2 Å². The van der Waals surface area contributed by atoms with E-state index < -0.39 is 5.91 Å². The van der Waals surface area contributed by atoms with Gasteiger partial charge in [0.2, 0.25) is 0 Å². The highest BCUT2D eigenvalue weighted by Gasteiger charge is 2.14. The monoisotopic (exact) mass is 379 g/mol. The van der Waals surface area contributed by atoms with Gasteiger partial charge >= 0.3 is 0 Å². The number of benzene rings is 2. The Morgan fingerprint density at radius 1 is 1.04 bits per heavy atom. The van der Waals surface area contributed by atoms with Crippen molar-refractivity contribution in [2.45, 2.75) is 0 Å². The van der Waals surface area contributed by atoms with E-state index in [1.807, 2.05) is 30.3 Å². The lowest BCUT2D eigenvalue weighted by Crippen LogP contribution is -2.08. The number of amides is 1. The summed E-state index contributed by atoms with van der Waals surface area (Å²) in [5.74, 6) is -0.472. The average molecular weight is 380 g/mol. The maximum atomic E-state index is 11.5. The van der Waals surface area contributed by atoms with Gasteiger partial charge in [-0.15, -0.1) is 11.3 Å². The van der Waals surface area contributed by atoms with Gasteiger partial charge in [-0.1, -0.05) is 54.1 Å². The summed E-state index contributed by atoms with van der Waals surface area (Å²) in [4.78, 5) is 16.1. The standard InChI is InChI=1S/C20H14ClN3OS/c21-19-18-15(10-17(26-18)20(22)25)16(11-23-19)24-14-8-6-13(7-9-14)12-4-2-1-3-5-12/h1-11,24H,(H2,22,25). The lowest BCUT2D eigenvalue weighted by Gasteiger charge is -2.09. The molecule has 0 saturated heterocycles. The van der Waals surface area contributed by atoms with Crippen LogP contribution in [0.2, 0.25) is 5.15 Å². The lowest BCUT2D eigenvalue weighted by atomic mass is 10.1. The fourth-order valence-corrected chi connectivity index (χ4v) is 3.93. The highest BCUT2D eigenvalue weighted by atomic mass is 35.5. The maximum absolute atomic E-state index is 11.5. The summed E-state index contributed by atoms with van der Waals surface area (Å²) in [5, 5.41) is 4.53. The molecule has 0 aliphatic carbocycles. The molecular formula is C20H14ClN3OS. The van der Waals surface area contributed by atoms with Crippen molar-refractivity contribution in [3.05, 3.63) is 76.9 Å². The number of nitrogens with two attached hydrogens (primary N) is 1. The summed E-state index contributed by atoms with van der Waals surface area (Å²) in [7, 11) is 0. The molecule has 2 aromatic heterocycles. The first-order chi connectivity index (χ1) is 12.6. The molecule has 2 heterocycles. The number of primary amides is 1. The number of rotatable bonds is 4. The quantitative estimate of drug-likeness (QED) is 0.462. The Hall–Kier alpha value is -2.89. The van der Waals surface area contributed by atoms with Gasteiger partial charge < -0.3 is 11.1 Å². The minimum absolute atomic E-state index is 0.363. The Bertz CT molecular complexity index is 1090. The molecular weight excluding hydrogens is 366 g/mol. The topological polar surface area (TPSA) is 68.0 Å². The predicted molar refractivity (Wildman–Crippen MR) is 108 cm³/mol. The van der Waals surface area contributed by atoms with Gasteiger partial charge in [-0.2, -0.15) is 0 Å². The molecule has 4 nitrogen and oxygen atoms in total. The number of carbonyl (C=O) groups is 1. The molecule has 0 fully saturated rings. The third kappa shape index (κ3) is 3.14. The molecule has 0 atom stereocenters. The molecule has 128 valence electrons. The van der Waals surface area contributed by atoms with Gasteiger partial charge in [-0.05, 0) is 29.3 Å². The smallest absolute Gasteiger partial charge is 0.258 e. The van der Waals surface area contributed by atoms with Gasteiger partial charge in [0, 0.05) is 11.1 Å². The molecule has 26 heavy (non-hydrogen) atoms. The first-order valence-electron chi connectivity index (χ1n) is 7.92. The Kier molecular flexibility index (Phi) is 4.32. The molecule has 4 rings (SSSR count). The molecule has 6 heteroatoms. The lowest BCUT2D eigenvalue weighted by molar-refractivity contribution is 0.100. The van der Waals surface area contributed by atoms with E-state index >= 15 is 0 Å². The largest absolute Gasteiger partial charge is 0.365 e. The van der Waals surface area contributed by atoms with Crippen LogP contribution in [0.3, 0.4) is 0 Å². The molecule has 0 saturated carbocycles. The van der Waals surface area contributed by atoms with Crippen molar-refractivity contribution < 1.29 is 4.79 Å². The molecule has 2 aromatic carbocycles. The van der Waals surface area contributed by atoms with Gasteiger partial charge in [0.1, 0.15) is 5.15 Å². The fourth-order valence-electron chi connectivity index (χ4n) is 2.75. The van der Waals surface area contributed by atoms with Crippen molar-refractivity contribution >= 4 is 50.3 Å². The van der Waals surface area contributed by atoms with Crippen molar-refractivity contribution in [3.63, 3.8) is 0 Å². The zero-order valence-electron chi connectivity index (χ0n) is 13.6. The van der Waals surface area contributed by atoms with Crippen molar-refractivity contribution in [1.82, 2.24) is 4.98 Å². The van der Waals surface area contributed by atoms with E-state index in [2.05, 4.69) is 34.6 Å². The summed E-state index contributed by atoms with van der Waals surface area (Å²) in [6.45, 7) is 0. The number of hydrogen-bond acceptors (Lipinski definition) is 4. The number of fused-ring (bicyclic) bond motifs is 1. The second-order valence-electron chi connectivity index (χ2n) is 5.75. The van der Waals surface area contributed by atoms with E-state index in [9.17, 15) is 4.79 Å². The number of nitrogens with one attached hydrogen (secondary N) is 1. The second kappa shape index (κ2) is 6.78. The number of pyridine rings is 1. The van der Waals surface area contributed by atoms with Crippen molar-refractivity contribution in [2.75, 3.05) is 5.32 Å². The molecule has 0 aliphatic rings. The van der Waals surface area contributed by atoms with Crippen LogP contribution in [0.4, 0.5) is 11.4 Å². The number of halogens is 1. The highest BCUT2D eigenvalue weighted by molar-refractivity contribution is 7.21. The van der Waals surface area contributed by atoms with Crippen molar-refractivity contribution in [1.29, 1.82) is 0 Å². The molecule has 3 N–H and O–H groups in total. The number of hydrogen-bond donors (Lipinski definition) is 2. The molecule has 0 spiro atoms. The molecule has 1 amide bonds. The minimum Gasteiger partial charge on any atom is -0.365 e. The summed E-state index contributed by atoms with van der Waals surface area (Å²) < 4.78 is 0.742. The first-order valence-corrected chi connectivity index (χ1v) is 9.11. The second-order valence-corrected chi connectivity index (χ2v) is 7.16. The Balaban J connectivity index is 1.67. The van der Waals surface area contributed by atoms with E-state index in [1.165, 1.54) is 16.9 Å². The summed E-state index contributed by atoms with van der Waals surface area (Å²) in [6, 6.07) is 20.1. The Labute approximate surface area is 159 Å². The van der Waals surface area contributed by atoms with Crippen molar-refractivity contribution in [2.24, 2.45) is 5.73 Å². The third-order valence-corrected chi connectivity index (χ3v) is 5.59. The number of thiophene rings is 1. The van der Waals surface area contributed by atoms with Gasteiger partial charge in [0.15, 0.2) is 0 Å². The van der Waals surface area contributed by atoms with E-state index in [1.54, 1.807) is 12.3 Å². The molecule has 4 aromatic rings. The third-order valence-electron chi connectivity index (χ3n) is 4.03. The van der Waals surface area contributed by atoms with Crippen molar-refractivity contribution in [3.8, 4) is 11.1 Å². The fraction of sp³-hybridized carbons (Fsp3) is 0. The van der Waals surface area contributed by atoms with Crippen LogP contribution in [-0.2, 0) is 0 Å². The molecule has 0 radical (unpaired) electrons. The van der Waals surface area contributed by atoms with Gasteiger partial charge in [0.05, 0.1) is 21.5 Å². The van der Waals surface area contributed by atoms with Crippen LogP contribution < -0.4 is 11.1 Å².